The second-order valence-corrected chi connectivity index (χ2v) is 3.57. The van der Waals surface area contributed by atoms with E-state index in [1.54, 1.807) is 0 Å². The number of rotatable bonds is 1. The van der Waals surface area contributed by atoms with Crippen LogP contribution < -0.4 is 0 Å². The normalized spacial score (nSPS) is 32.0. The predicted octanol–water partition coefficient (Wildman–Crippen LogP) is 1.47. The van der Waals surface area contributed by atoms with E-state index in [1.165, 1.54) is 19.3 Å². The quantitative estimate of drug-likeness (QED) is 0.559. The molecule has 0 aromatic carbocycles. The highest BCUT2D eigenvalue weighted by Gasteiger charge is 2.32. The molecular formula is C9H14O3. The average Bonchev–Trinajstić information content (AvgIpc) is 2.54. The van der Waals surface area contributed by atoms with E-state index in [-0.39, 0.29) is 18.9 Å². The van der Waals surface area contributed by atoms with Crippen LogP contribution in [0.25, 0.3) is 0 Å². The van der Waals surface area contributed by atoms with Gasteiger partial charge in [0.2, 0.25) is 6.29 Å². The number of cyclic esters (lactones) is 1. The molecule has 0 aromatic rings. The number of ether oxygens (including phenoxy) is 2. The molecule has 1 saturated heterocycles. The van der Waals surface area contributed by atoms with Gasteiger partial charge < -0.3 is 9.47 Å². The van der Waals surface area contributed by atoms with E-state index >= 15 is 0 Å². The maximum absolute atomic E-state index is 10.7. The van der Waals surface area contributed by atoms with Crippen molar-refractivity contribution >= 4 is 5.97 Å². The van der Waals surface area contributed by atoms with Gasteiger partial charge in [-0.1, -0.05) is 19.3 Å². The lowest BCUT2D eigenvalue weighted by atomic mass is 9.89. The lowest BCUT2D eigenvalue weighted by Gasteiger charge is -2.24. The van der Waals surface area contributed by atoms with Crippen molar-refractivity contribution in [3.8, 4) is 0 Å². The summed E-state index contributed by atoms with van der Waals surface area (Å²) in [6, 6.07) is 0. The maximum atomic E-state index is 10.7. The monoisotopic (exact) mass is 170 g/mol. The second kappa shape index (κ2) is 3.44. The Hall–Kier alpha value is -0.570. The minimum absolute atomic E-state index is 0.154. The Labute approximate surface area is 72.0 Å². The molecule has 1 heterocycles. The average molecular weight is 170 g/mol. The van der Waals surface area contributed by atoms with E-state index in [9.17, 15) is 4.79 Å². The summed E-state index contributed by atoms with van der Waals surface area (Å²) >= 11 is 0. The van der Waals surface area contributed by atoms with E-state index in [1.807, 2.05) is 0 Å². The van der Waals surface area contributed by atoms with Gasteiger partial charge in [-0.15, -0.1) is 0 Å². The lowest BCUT2D eigenvalue weighted by molar-refractivity contribution is -0.149. The molecule has 2 fully saturated rings. The van der Waals surface area contributed by atoms with E-state index in [2.05, 4.69) is 0 Å². The van der Waals surface area contributed by atoms with Crippen LogP contribution in [0.3, 0.4) is 0 Å². The molecule has 1 saturated carbocycles. The molecule has 12 heavy (non-hydrogen) atoms. The van der Waals surface area contributed by atoms with Crippen LogP contribution in [-0.2, 0) is 14.3 Å². The maximum Gasteiger partial charge on any atom is 0.334 e. The van der Waals surface area contributed by atoms with E-state index in [0.717, 1.165) is 12.8 Å². The van der Waals surface area contributed by atoms with E-state index < -0.39 is 0 Å². The third-order valence-electron chi connectivity index (χ3n) is 2.65. The van der Waals surface area contributed by atoms with Gasteiger partial charge in [0.1, 0.15) is 6.61 Å². The summed E-state index contributed by atoms with van der Waals surface area (Å²) in [6.45, 7) is 0.154. The first-order valence-electron chi connectivity index (χ1n) is 4.67. The summed E-state index contributed by atoms with van der Waals surface area (Å²) in [4.78, 5) is 10.7. The van der Waals surface area contributed by atoms with Crippen molar-refractivity contribution < 1.29 is 14.3 Å². The number of carbonyl (C=O) groups is 1. The molecule has 0 N–H and O–H groups in total. The Morgan fingerprint density at radius 3 is 2.50 bits per heavy atom. The number of esters is 1. The number of hydrogen-bond acceptors (Lipinski definition) is 3. The summed E-state index contributed by atoms with van der Waals surface area (Å²) in [5.74, 6) is 0.260. The summed E-state index contributed by atoms with van der Waals surface area (Å²) < 4.78 is 10.3. The van der Waals surface area contributed by atoms with Crippen LogP contribution in [-0.4, -0.2) is 18.9 Å². The van der Waals surface area contributed by atoms with Crippen molar-refractivity contribution in [1.29, 1.82) is 0 Å². The van der Waals surface area contributed by atoms with Gasteiger partial charge in [0.25, 0.3) is 0 Å². The minimum Gasteiger partial charge on any atom is -0.434 e. The third-order valence-corrected chi connectivity index (χ3v) is 2.65. The van der Waals surface area contributed by atoms with E-state index in [0.29, 0.717) is 5.92 Å². The van der Waals surface area contributed by atoms with Gasteiger partial charge in [0.15, 0.2) is 0 Å². The van der Waals surface area contributed by atoms with Crippen LogP contribution in [0.4, 0.5) is 0 Å². The Morgan fingerprint density at radius 1 is 1.17 bits per heavy atom. The molecule has 2 aliphatic rings. The van der Waals surface area contributed by atoms with Crippen molar-refractivity contribution in [3.05, 3.63) is 0 Å². The topological polar surface area (TPSA) is 35.5 Å². The lowest BCUT2D eigenvalue weighted by Crippen LogP contribution is -2.23. The van der Waals surface area contributed by atoms with Crippen LogP contribution in [0.2, 0.25) is 0 Å². The van der Waals surface area contributed by atoms with Gasteiger partial charge in [-0.3, -0.25) is 0 Å². The highest BCUT2D eigenvalue weighted by molar-refractivity contribution is 5.72. The van der Waals surface area contributed by atoms with E-state index in [4.69, 9.17) is 9.47 Å². The zero-order valence-corrected chi connectivity index (χ0v) is 7.12. The molecule has 1 unspecified atom stereocenters. The number of carbonyl (C=O) groups excluding carboxylic acids is 1. The summed E-state index contributed by atoms with van der Waals surface area (Å²) in [6.07, 6.45) is 5.90. The fourth-order valence-electron chi connectivity index (χ4n) is 1.99. The summed E-state index contributed by atoms with van der Waals surface area (Å²) in [7, 11) is 0. The van der Waals surface area contributed by atoms with Crippen molar-refractivity contribution in [1.82, 2.24) is 0 Å². The molecule has 3 nitrogen and oxygen atoms in total. The molecule has 3 heteroatoms. The fourth-order valence-corrected chi connectivity index (χ4v) is 1.99. The van der Waals surface area contributed by atoms with Gasteiger partial charge in [-0.25, -0.2) is 4.79 Å². The minimum atomic E-state index is -0.224. The van der Waals surface area contributed by atoms with Crippen LogP contribution in [0, 0.1) is 5.92 Å². The third kappa shape index (κ3) is 1.61. The molecule has 68 valence electrons. The molecule has 1 aliphatic heterocycles. The standard InChI is InChI=1S/C9H14O3/c10-8-6-11-9(12-8)7-4-2-1-3-5-7/h7,9H,1-6H2. The Bertz CT molecular complexity index is 173. The second-order valence-electron chi connectivity index (χ2n) is 3.57. The molecular weight excluding hydrogens is 156 g/mol. The zero-order chi connectivity index (χ0) is 8.39. The van der Waals surface area contributed by atoms with Crippen molar-refractivity contribution in [2.75, 3.05) is 6.61 Å². The SMILES string of the molecule is O=C1COC(C2CCCCC2)O1. The number of hydrogen-bond donors (Lipinski definition) is 0. The van der Waals surface area contributed by atoms with Gasteiger partial charge in [-0.05, 0) is 12.8 Å². The molecule has 0 spiro atoms. The van der Waals surface area contributed by atoms with Crippen LogP contribution in [0.1, 0.15) is 32.1 Å². The fraction of sp³-hybridized carbons (Fsp3) is 0.889. The molecule has 2 rings (SSSR count). The van der Waals surface area contributed by atoms with Crippen LogP contribution in [0.5, 0.6) is 0 Å². The van der Waals surface area contributed by atoms with Crippen LogP contribution in [0.15, 0.2) is 0 Å². The van der Waals surface area contributed by atoms with Crippen LogP contribution >= 0.6 is 0 Å². The largest absolute Gasteiger partial charge is 0.434 e. The Kier molecular flexibility index (Phi) is 2.30. The molecule has 1 atom stereocenters. The summed E-state index contributed by atoms with van der Waals surface area (Å²) in [5, 5.41) is 0. The van der Waals surface area contributed by atoms with Crippen molar-refractivity contribution in [2.24, 2.45) is 5.92 Å². The van der Waals surface area contributed by atoms with Crippen molar-refractivity contribution in [2.45, 2.75) is 38.4 Å². The van der Waals surface area contributed by atoms with Gasteiger partial charge in [0, 0.05) is 5.92 Å². The zero-order valence-electron chi connectivity index (χ0n) is 7.12. The highest BCUT2D eigenvalue weighted by atomic mass is 16.7. The molecule has 0 amide bonds. The molecule has 0 aromatic heterocycles. The first-order chi connectivity index (χ1) is 5.86. The molecule has 0 bridgehead atoms. The van der Waals surface area contributed by atoms with Gasteiger partial charge in [-0.2, -0.15) is 0 Å². The molecule has 1 aliphatic carbocycles. The van der Waals surface area contributed by atoms with Gasteiger partial charge in [0.05, 0.1) is 0 Å². The highest BCUT2D eigenvalue weighted by Crippen LogP contribution is 2.30. The molecule has 0 radical (unpaired) electrons. The first-order valence-corrected chi connectivity index (χ1v) is 4.67. The van der Waals surface area contributed by atoms with Gasteiger partial charge >= 0.3 is 5.97 Å². The smallest absolute Gasteiger partial charge is 0.334 e. The van der Waals surface area contributed by atoms with Crippen molar-refractivity contribution in [3.63, 3.8) is 0 Å². The Balaban J connectivity index is 1.86. The predicted molar refractivity (Wildman–Crippen MR) is 42.4 cm³/mol. The first kappa shape index (κ1) is 8.05. The Morgan fingerprint density at radius 2 is 1.92 bits per heavy atom. The summed E-state index contributed by atoms with van der Waals surface area (Å²) in [5.41, 5.74) is 0.